The van der Waals surface area contributed by atoms with Crippen LogP contribution in [0.2, 0.25) is 0 Å². The fourth-order valence-electron chi connectivity index (χ4n) is 3.80. The topological polar surface area (TPSA) is 80.1 Å². The number of hydrogen-bond acceptors (Lipinski definition) is 5. The molecule has 1 unspecified atom stereocenters. The van der Waals surface area contributed by atoms with E-state index in [1.54, 1.807) is 28.8 Å². The second-order valence-electron chi connectivity index (χ2n) is 8.01. The molecule has 0 aliphatic carbocycles. The summed E-state index contributed by atoms with van der Waals surface area (Å²) in [6, 6.07) is 15.2. The lowest BCUT2D eigenvalue weighted by Gasteiger charge is -2.17. The molecule has 7 nitrogen and oxygen atoms in total. The molecule has 2 aromatic carbocycles. The normalized spacial score (nSPS) is 14.6. The van der Waals surface area contributed by atoms with Crippen LogP contribution in [0.15, 0.2) is 53.7 Å². The number of carbonyl (C=O) groups excluding carboxylic acids is 2. The Morgan fingerprint density at radius 1 is 1.16 bits per heavy atom. The van der Waals surface area contributed by atoms with Crippen LogP contribution in [-0.4, -0.2) is 33.1 Å². The maximum Gasteiger partial charge on any atom is 0.251 e. The molecule has 0 radical (unpaired) electrons. The van der Waals surface area contributed by atoms with Gasteiger partial charge in [0.25, 0.3) is 5.91 Å². The number of anilines is 1. The van der Waals surface area contributed by atoms with Crippen molar-refractivity contribution in [2.45, 2.75) is 43.6 Å². The molecule has 1 N–H and O–H groups in total. The number of nitrogens with one attached hydrogen (secondary N) is 1. The van der Waals surface area contributed by atoms with E-state index in [4.69, 9.17) is 0 Å². The molecule has 2 heterocycles. The minimum atomic E-state index is -0.298. The fourth-order valence-corrected chi connectivity index (χ4v) is 4.80. The van der Waals surface area contributed by atoms with Crippen molar-refractivity contribution in [1.82, 2.24) is 20.1 Å². The summed E-state index contributed by atoms with van der Waals surface area (Å²) in [5, 5.41) is 12.4. The van der Waals surface area contributed by atoms with E-state index >= 15 is 0 Å². The SMILES string of the molecule is Cc1ccccc1CSc1nnc(C(C)NC(=O)c2ccc(N3CCCC3=O)cc2)n1C. The number of amides is 2. The monoisotopic (exact) mass is 449 g/mol. The fraction of sp³-hybridized carbons (Fsp3) is 0.333. The highest BCUT2D eigenvalue weighted by atomic mass is 32.2. The van der Waals surface area contributed by atoms with Crippen LogP contribution in [0.4, 0.5) is 5.69 Å². The van der Waals surface area contributed by atoms with Crippen molar-refractivity contribution in [2.75, 3.05) is 11.4 Å². The molecule has 3 aromatic rings. The standard InChI is InChI=1S/C24H27N5O2S/c1-16-7-4-5-8-19(16)15-32-24-27-26-22(28(24)3)17(2)25-23(31)18-10-12-20(13-11-18)29-14-6-9-21(29)30/h4-5,7-8,10-13,17H,6,9,14-15H2,1-3H3,(H,25,31). The molecule has 166 valence electrons. The zero-order valence-electron chi connectivity index (χ0n) is 18.5. The summed E-state index contributed by atoms with van der Waals surface area (Å²) < 4.78 is 1.93. The largest absolute Gasteiger partial charge is 0.342 e. The van der Waals surface area contributed by atoms with Gasteiger partial charge < -0.3 is 14.8 Å². The molecule has 1 aromatic heterocycles. The van der Waals surface area contributed by atoms with Gasteiger partial charge in [-0.3, -0.25) is 9.59 Å². The van der Waals surface area contributed by atoms with Crippen LogP contribution in [0.1, 0.15) is 53.1 Å². The van der Waals surface area contributed by atoms with Gasteiger partial charge in [0.05, 0.1) is 6.04 Å². The average molecular weight is 450 g/mol. The van der Waals surface area contributed by atoms with E-state index in [1.165, 1.54) is 11.1 Å². The van der Waals surface area contributed by atoms with Gasteiger partial charge in [0.15, 0.2) is 11.0 Å². The van der Waals surface area contributed by atoms with Crippen LogP contribution in [0.3, 0.4) is 0 Å². The van der Waals surface area contributed by atoms with Gasteiger partial charge in [-0.25, -0.2) is 0 Å². The maximum atomic E-state index is 12.7. The van der Waals surface area contributed by atoms with E-state index in [2.05, 4.69) is 34.6 Å². The van der Waals surface area contributed by atoms with Crippen molar-refractivity contribution >= 4 is 29.3 Å². The molecule has 1 saturated heterocycles. The number of aromatic nitrogens is 3. The Bertz CT molecular complexity index is 1130. The molecule has 2 amide bonds. The van der Waals surface area contributed by atoms with Gasteiger partial charge in [0, 0.05) is 37.0 Å². The molecule has 1 aliphatic rings. The summed E-state index contributed by atoms with van der Waals surface area (Å²) in [7, 11) is 1.92. The predicted octanol–water partition coefficient (Wildman–Crippen LogP) is 4.03. The van der Waals surface area contributed by atoms with Crippen molar-refractivity contribution in [3.05, 3.63) is 71.0 Å². The lowest BCUT2D eigenvalue weighted by atomic mass is 10.1. The Labute approximate surface area is 192 Å². The number of carbonyl (C=O) groups is 2. The number of nitrogens with zero attached hydrogens (tertiary/aromatic N) is 4. The number of hydrogen-bond donors (Lipinski definition) is 1. The summed E-state index contributed by atoms with van der Waals surface area (Å²) >= 11 is 1.63. The van der Waals surface area contributed by atoms with Crippen molar-refractivity contribution in [3.8, 4) is 0 Å². The predicted molar refractivity (Wildman–Crippen MR) is 126 cm³/mol. The number of thioether (sulfide) groups is 1. The van der Waals surface area contributed by atoms with Crippen LogP contribution >= 0.6 is 11.8 Å². The van der Waals surface area contributed by atoms with Gasteiger partial charge in [-0.2, -0.15) is 0 Å². The first-order valence-corrected chi connectivity index (χ1v) is 11.7. The van der Waals surface area contributed by atoms with Gasteiger partial charge in [-0.1, -0.05) is 36.0 Å². The van der Waals surface area contributed by atoms with Crippen LogP contribution in [0, 0.1) is 6.92 Å². The summed E-state index contributed by atoms with van der Waals surface area (Å²) in [5.74, 6) is 1.46. The lowest BCUT2D eigenvalue weighted by Crippen LogP contribution is -2.28. The summed E-state index contributed by atoms with van der Waals surface area (Å²) in [6.45, 7) is 4.73. The van der Waals surface area contributed by atoms with Crippen molar-refractivity contribution in [1.29, 1.82) is 0 Å². The Morgan fingerprint density at radius 2 is 1.91 bits per heavy atom. The van der Waals surface area contributed by atoms with Gasteiger partial charge in [0.2, 0.25) is 5.91 Å². The molecule has 0 bridgehead atoms. The van der Waals surface area contributed by atoms with Crippen LogP contribution in [-0.2, 0) is 17.6 Å². The molecule has 1 fully saturated rings. The molecule has 0 spiro atoms. The summed E-state index contributed by atoms with van der Waals surface area (Å²) in [4.78, 5) is 26.4. The molecule has 1 aliphatic heterocycles. The smallest absolute Gasteiger partial charge is 0.251 e. The zero-order valence-corrected chi connectivity index (χ0v) is 19.4. The molecule has 32 heavy (non-hydrogen) atoms. The van der Waals surface area contributed by atoms with Gasteiger partial charge in [0.1, 0.15) is 0 Å². The molecule has 8 heteroatoms. The highest BCUT2D eigenvalue weighted by Gasteiger charge is 2.22. The lowest BCUT2D eigenvalue weighted by molar-refractivity contribution is -0.117. The second-order valence-corrected chi connectivity index (χ2v) is 8.95. The Kier molecular flexibility index (Phi) is 6.60. The van der Waals surface area contributed by atoms with E-state index in [1.807, 2.05) is 42.8 Å². The van der Waals surface area contributed by atoms with E-state index in [0.29, 0.717) is 17.8 Å². The third-order valence-electron chi connectivity index (χ3n) is 5.74. The van der Waals surface area contributed by atoms with Crippen molar-refractivity contribution in [3.63, 3.8) is 0 Å². The first kappa shape index (κ1) is 22.1. The highest BCUT2D eigenvalue weighted by Crippen LogP contribution is 2.25. The molecule has 4 rings (SSSR count). The van der Waals surface area contributed by atoms with E-state index in [-0.39, 0.29) is 17.9 Å². The molecular weight excluding hydrogens is 422 g/mol. The van der Waals surface area contributed by atoms with E-state index in [9.17, 15) is 9.59 Å². The minimum absolute atomic E-state index is 0.134. The van der Waals surface area contributed by atoms with Crippen LogP contribution < -0.4 is 10.2 Å². The number of aryl methyl sites for hydroxylation is 1. The van der Waals surface area contributed by atoms with Crippen LogP contribution in [0.25, 0.3) is 0 Å². The van der Waals surface area contributed by atoms with E-state index < -0.39 is 0 Å². The Balaban J connectivity index is 1.38. The van der Waals surface area contributed by atoms with E-state index in [0.717, 1.165) is 29.6 Å². The number of rotatable bonds is 7. The third kappa shape index (κ3) is 4.70. The highest BCUT2D eigenvalue weighted by molar-refractivity contribution is 7.98. The summed E-state index contributed by atoms with van der Waals surface area (Å²) in [6.07, 6.45) is 1.46. The minimum Gasteiger partial charge on any atom is -0.342 e. The summed E-state index contributed by atoms with van der Waals surface area (Å²) in [5.41, 5.74) is 3.90. The van der Waals surface area contributed by atoms with Gasteiger partial charge in [-0.05, 0) is 55.7 Å². The van der Waals surface area contributed by atoms with Gasteiger partial charge >= 0.3 is 0 Å². The van der Waals surface area contributed by atoms with Crippen molar-refractivity contribution < 1.29 is 9.59 Å². The first-order chi connectivity index (χ1) is 15.4. The number of benzene rings is 2. The molecular formula is C24H27N5O2S. The quantitative estimate of drug-likeness (QED) is 0.551. The Morgan fingerprint density at radius 3 is 2.59 bits per heavy atom. The first-order valence-electron chi connectivity index (χ1n) is 10.7. The molecule has 1 atom stereocenters. The molecule has 0 saturated carbocycles. The third-order valence-corrected chi connectivity index (χ3v) is 6.81. The maximum absolute atomic E-state index is 12.7. The van der Waals surface area contributed by atoms with Crippen molar-refractivity contribution in [2.24, 2.45) is 7.05 Å². The van der Waals surface area contributed by atoms with Crippen LogP contribution in [0.5, 0.6) is 0 Å². The van der Waals surface area contributed by atoms with Gasteiger partial charge in [-0.15, -0.1) is 10.2 Å². The zero-order chi connectivity index (χ0) is 22.7. The Hall–Kier alpha value is -3.13. The average Bonchev–Trinajstić information content (AvgIpc) is 3.38. The second kappa shape index (κ2) is 9.56.